The molecule has 0 aromatic heterocycles. The van der Waals surface area contributed by atoms with E-state index >= 15 is 0 Å². The van der Waals surface area contributed by atoms with E-state index in [9.17, 15) is 9.59 Å². The highest BCUT2D eigenvalue weighted by atomic mass is 35.5. The number of halogens is 2. The molecule has 1 aliphatic rings. The fourth-order valence-electron chi connectivity index (χ4n) is 1.82. The molecule has 0 aliphatic heterocycles. The molecule has 6 heteroatoms. The summed E-state index contributed by atoms with van der Waals surface area (Å²) in [6.45, 7) is 3.58. The maximum absolute atomic E-state index is 11.9. The number of carbonyl (C=O) groups is 2. The van der Waals surface area contributed by atoms with Crippen LogP contribution in [-0.4, -0.2) is 28.2 Å². The Hall–Kier alpha value is -1.65. The molecule has 2 unspecified atom stereocenters. The number of nitrogens with zero attached hydrogens (tertiary/aromatic N) is 1. The minimum absolute atomic E-state index is 0.280. The van der Waals surface area contributed by atoms with Crippen LogP contribution in [0.3, 0.4) is 0 Å². The molecule has 0 radical (unpaired) electrons. The minimum atomic E-state index is -0.910. The maximum atomic E-state index is 11.9. The molecule has 0 spiro atoms. The van der Waals surface area contributed by atoms with Crippen LogP contribution in [0.2, 0.25) is 0 Å². The molecule has 0 saturated carbocycles. The van der Waals surface area contributed by atoms with E-state index < -0.39 is 16.7 Å². The lowest BCUT2D eigenvalue weighted by Crippen LogP contribution is -2.36. The summed E-state index contributed by atoms with van der Waals surface area (Å²) >= 11 is 11.9. The van der Waals surface area contributed by atoms with Gasteiger partial charge >= 0.3 is 5.97 Å². The third-order valence-corrected chi connectivity index (χ3v) is 4.12. The predicted molar refractivity (Wildman–Crippen MR) is 82.1 cm³/mol. The van der Waals surface area contributed by atoms with E-state index in [-0.39, 0.29) is 11.5 Å². The topological polar surface area (TPSA) is 55.7 Å². The Morgan fingerprint density at radius 2 is 1.76 bits per heavy atom. The highest BCUT2D eigenvalue weighted by molar-refractivity contribution is 6.48. The molecule has 0 saturated heterocycles. The van der Waals surface area contributed by atoms with E-state index in [1.807, 2.05) is 6.92 Å². The Balaban J connectivity index is 2.16. The zero-order valence-electron chi connectivity index (χ0n) is 11.5. The number of ketones is 1. The van der Waals surface area contributed by atoms with Gasteiger partial charge in [-0.15, -0.1) is 23.2 Å². The van der Waals surface area contributed by atoms with Gasteiger partial charge in [0.15, 0.2) is 5.78 Å². The summed E-state index contributed by atoms with van der Waals surface area (Å²) in [5.41, 5.74) is 2.24. The Labute approximate surface area is 132 Å². The normalized spacial score (nSPS) is 23.9. The fourth-order valence-corrected chi connectivity index (χ4v) is 2.34. The van der Waals surface area contributed by atoms with Gasteiger partial charge in [-0.3, -0.25) is 4.79 Å². The molecule has 0 amide bonds. The van der Waals surface area contributed by atoms with Crippen molar-refractivity contribution in [2.75, 3.05) is 0 Å². The molecular weight excluding hydrogens is 313 g/mol. The van der Waals surface area contributed by atoms with Crippen molar-refractivity contribution in [2.24, 2.45) is 5.16 Å². The van der Waals surface area contributed by atoms with Gasteiger partial charge in [-0.25, -0.2) is 4.79 Å². The molecule has 0 N–H and O–H groups in total. The Bertz CT molecular complexity index is 635. The second-order valence-corrected chi connectivity index (χ2v) is 5.69. The van der Waals surface area contributed by atoms with Gasteiger partial charge in [0.05, 0.1) is 5.56 Å². The monoisotopic (exact) mass is 325 g/mol. The van der Waals surface area contributed by atoms with Crippen molar-refractivity contribution in [3.63, 3.8) is 0 Å². The van der Waals surface area contributed by atoms with Crippen LogP contribution < -0.4 is 0 Å². The molecule has 2 rings (SSSR count). The molecule has 110 valence electrons. The number of benzene rings is 1. The number of oxime groups is 1. The van der Waals surface area contributed by atoms with Crippen molar-refractivity contribution in [1.82, 2.24) is 0 Å². The van der Waals surface area contributed by atoms with Crippen molar-refractivity contribution in [2.45, 2.75) is 24.6 Å². The number of hydrogen-bond donors (Lipinski definition) is 0. The number of hydrogen-bond acceptors (Lipinski definition) is 4. The molecule has 0 heterocycles. The maximum Gasteiger partial charge on any atom is 0.365 e. The first kappa shape index (κ1) is 15.7. The highest BCUT2D eigenvalue weighted by Gasteiger charge is 2.33. The number of allylic oxidation sites excluding steroid dienone is 2. The molecule has 21 heavy (non-hydrogen) atoms. The summed E-state index contributed by atoms with van der Waals surface area (Å²) in [6.07, 6.45) is 1.34. The van der Waals surface area contributed by atoms with Gasteiger partial charge in [0.25, 0.3) is 0 Å². The highest BCUT2D eigenvalue weighted by Crippen LogP contribution is 2.23. The van der Waals surface area contributed by atoms with Crippen LogP contribution in [0.15, 0.2) is 41.1 Å². The van der Waals surface area contributed by atoms with E-state index in [4.69, 9.17) is 28.0 Å². The summed E-state index contributed by atoms with van der Waals surface area (Å²) in [5, 5.41) is 2.02. The third-order valence-electron chi connectivity index (χ3n) is 3.07. The van der Waals surface area contributed by atoms with E-state index in [0.29, 0.717) is 11.1 Å². The van der Waals surface area contributed by atoms with Gasteiger partial charge in [0.2, 0.25) is 0 Å². The second-order valence-electron chi connectivity index (χ2n) is 4.75. The summed E-state index contributed by atoms with van der Waals surface area (Å²) in [4.78, 5) is 28.2. The van der Waals surface area contributed by atoms with Gasteiger partial charge in [-0.05, 0) is 37.6 Å². The van der Waals surface area contributed by atoms with Gasteiger partial charge in [-0.2, -0.15) is 0 Å². The molecule has 0 fully saturated rings. The smallest absolute Gasteiger partial charge is 0.312 e. The summed E-state index contributed by atoms with van der Waals surface area (Å²) in [7, 11) is 0. The lowest BCUT2D eigenvalue weighted by molar-refractivity contribution is -0.114. The van der Waals surface area contributed by atoms with Gasteiger partial charge in [-0.1, -0.05) is 22.9 Å². The van der Waals surface area contributed by atoms with Gasteiger partial charge < -0.3 is 4.84 Å². The van der Waals surface area contributed by atoms with Gasteiger partial charge in [0, 0.05) is 0 Å². The van der Waals surface area contributed by atoms with Crippen LogP contribution in [0.1, 0.15) is 22.8 Å². The van der Waals surface area contributed by atoms with E-state index in [0.717, 1.165) is 5.56 Å². The van der Waals surface area contributed by atoms with Crippen molar-refractivity contribution >= 4 is 40.7 Å². The van der Waals surface area contributed by atoms with Crippen LogP contribution >= 0.6 is 23.2 Å². The van der Waals surface area contributed by atoms with Crippen molar-refractivity contribution in [1.29, 1.82) is 0 Å². The number of rotatable bonds is 2. The number of alkyl halides is 2. The number of aryl methyl sites for hydroxylation is 1. The van der Waals surface area contributed by atoms with Crippen molar-refractivity contribution < 1.29 is 14.4 Å². The third kappa shape index (κ3) is 3.52. The first-order valence-corrected chi connectivity index (χ1v) is 7.14. The molecular formula is C15H13Cl2NO3. The van der Waals surface area contributed by atoms with E-state index in [1.165, 1.54) is 6.08 Å². The first-order valence-electron chi connectivity index (χ1n) is 6.26. The van der Waals surface area contributed by atoms with Crippen LogP contribution in [0.25, 0.3) is 0 Å². The first-order chi connectivity index (χ1) is 9.90. The summed E-state index contributed by atoms with van der Waals surface area (Å²) in [6, 6.07) is 6.89. The molecule has 0 bridgehead atoms. The van der Waals surface area contributed by atoms with Crippen LogP contribution in [0.5, 0.6) is 0 Å². The van der Waals surface area contributed by atoms with Crippen LogP contribution in [-0.2, 0) is 9.63 Å². The predicted octanol–water partition coefficient (Wildman–Crippen LogP) is 3.25. The van der Waals surface area contributed by atoms with Crippen molar-refractivity contribution in [3.8, 4) is 0 Å². The van der Waals surface area contributed by atoms with Crippen molar-refractivity contribution in [3.05, 3.63) is 47.0 Å². The second kappa shape index (κ2) is 6.41. The molecule has 4 nitrogen and oxygen atoms in total. The molecule has 1 aliphatic carbocycles. The van der Waals surface area contributed by atoms with Crippen LogP contribution in [0, 0.1) is 6.92 Å². The van der Waals surface area contributed by atoms with Gasteiger partial charge in [0.1, 0.15) is 16.5 Å². The minimum Gasteiger partial charge on any atom is -0.312 e. The van der Waals surface area contributed by atoms with E-state index in [2.05, 4.69) is 5.16 Å². The fraction of sp³-hybridized carbons (Fsp3) is 0.267. The number of carbonyl (C=O) groups excluding carboxylic acids is 2. The zero-order chi connectivity index (χ0) is 15.6. The standard InChI is InChI=1S/C15H13Cl2NO3/c1-8-3-5-10(6-4-8)15(20)21-18-14-9(2)7-11(19)12(16)13(14)17/h3-7,12-13H,1-2H3. The molecule has 2 atom stereocenters. The van der Waals surface area contributed by atoms with E-state index in [1.54, 1.807) is 31.2 Å². The quantitative estimate of drug-likeness (QED) is 0.476. The zero-order valence-corrected chi connectivity index (χ0v) is 13.0. The average Bonchev–Trinajstić information content (AvgIpc) is 2.45. The summed E-state index contributed by atoms with van der Waals surface area (Å²) in [5.74, 6) is -0.875. The Morgan fingerprint density at radius 3 is 2.38 bits per heavy atom. The summed E-state index contributed by atoms with van der Waals surface area (Å²) < 4.78 is 0. The van der Waals surface area contributed by atoms with Crippen LogP contribution in [0.4, 0.5) is 0 Å². The Morgan fingerprint density at radius 1 is 1.14 bits per heavy atom. The average molecular weight is 326 g/mol. The Kier molecular flexibility index (Phi) is 4.80. The SMILES string of the molecule is CC1=CC(=O)C(Cl)C(Cl)C1=NOC(=O)c1ccc(C)cc1. The largest absolute Gasteiger partial charge is 0.365 e. The molecule has 1 aromatic rings. The lowest BCUT2D eigenvalue weighted by atomic mass is 9.97. The lowest BCUT2D eigenvalue weighted by Gasteiger charge is -2.20. The molecule has 1 aromatic carbocycles.